The summed E-state index contributed by atoms with van der Waals surface area (Å²) in [4.78, 5) is 16.6. The molecule has 3 aliphatic rings. The van der Waals surface area contributed by atoms with Gasteiger partial charge in [-0.05, 0) is 19.9 Å². The molecule has 2 aliphatic heterocycles. The Morgan fingerprint density at radius 1 is 1.25 bits per heavy atom. The Balaban J connectivity index is 1.53. The normalized spacial score (nSPS) is 25.4. The van der Waals surface area contributed by atoms with Gasteiger partial charge in [0.1, 0.15) is 0 Å². The van der Waals surface area contributed by atoms with Crippen LogP contribution in [0.15, 0.2) is 0 Å². The molecule has 1 amide bonds. The number of carbonyl (C=O) groups is 1. The fourth-order valence-corrected chi connectivity index (χ4v) is 4.64. The van der Waals surface area contributed by atoms with Crippen LogP contribution in [-0.2, 0) is 13.1 Å². The van der Waals surface area contributed by atoms with Gasteiger partial charge in [-0.2, -0.15) is 5.10 Å². The number of amides is 1. The van der Waals surface area contributed by atoms with Crippen molar-refractivity contribution in [3.05, 3.63) is 16.4 Å². The van der Waals surface area contributed by atoms with Crippen LogP contribution in [0.2, 0.25) is 5.02 Å². The molecule has 0 N–H and O–H groups in total. The molecule has 132 valence electrons. The number of aromatic nitrogens is 2. The van der Waals surface area contributed by atoms with Crippen molar-refractivity contribution >= 4 is 17.5 Å². The predicted octanol–water partition coefficient (Wildman–Crippen LogP) is 2.63. The zero-order valence-corrected chi connectivity index (χ0v) is 14.5. The molecule has 2 fully saturated rings. The second-order valence-corrected chi connectivity index (χ2v) is 7.99. The molecular formula is C16H21ClF2N4O. The number of aryl methyl sites for hydroxylation is 1. The van der Waals surface area contributed by atoms with Crippen molar-refractivity contribution in [1.82, 2.24) is 19.6 Å². The average molecular weight is 359 g/mol. The Morgan fingerprint density at radius 2 is 2.00 bits per heavy atom. The number of fused-ring (bicyclic) bond motifs is 1. The van der Waals surface area contributed by atoms with Gasteiger partial charge in [0.05, 0.1) is 10.7 Å². The molecular weight excluding hydrogens is 338 g/mol. The monoisotopic (exact) mass is 358 g/mol. The van der Waals surface area contributed by atoms with Gasteiger partial charge in [-0.15, -0.1) is 0 Å². The summed E-state index contributed by atoms with van der Waals surface area (Å²) in [6, 6.07) is 0. The van der Waals surface area contributed by atoms with E-state index in [1.54, 1.807) is 4.90 Å². The summed E-state index contributed by atoms with van der Waals surface area (Å²) in [5.74, 6) is -2.79. The molecule has 1 aliphatic carbocycles. The largest absolute Gasteiger partial charge is 0.337 e. The first-order valence-electron chi connectivity index (χ1n) is 8.40. The molecule has 0 aromatic carbocycles. The van der Waals surface area contributed by atoms with E-state index < -0.39 is 11.3 Å². The lowest BCUT2D eigenvalue weighted by Gasteiger charge is -2.44. The zero-order chi connectivity index (χ0) is 17.1. The van der Waals surface area contributed by atoms with Crippen LogP contribution in [0.1, 0.15) is 41.9 Å². The van der Waals surface area contributed by atoms with E-state index in [4.69, 9.17) is 11.6 Å². The van der Waals surface area contributed by atoms with Gasteiger partial charge < -0.3 is 9.80 Å². The van der Waals surface area contributed by atoms with Crippen molar-refractivity contribution in [2.45, 2.75) is 44.7 Å². The maximum atomic E-state index is 13.2. The number of carbonyl (C=O) groups excluding carboxylic acids is 1. The van der Waals surface area contributed by atoms with Crippen LogP contribution in [0.4, 0.5) is 8.78 Å². The lowest BCUT2D eigenvalue weighted by Crippen LogP contribution is -2.48. The lowest BCUT2D eigenvalue weighted by atomic mass is 9.65. The first-order valence-corrected chi connectivity index (χ1v) is 8.77. The highest BCUT2D eigenvalue weighted by Gasteiger charge is 2.59. The summed E-state index contributed by atoms with van der Waals surface area (Å²) in [5, 5.41) is 4.84. The minimum atomic E-state index is -2.56. The van der Waals surface area contributed by atoms with Crippen molar-refractivity contribution in [3.63, 3.8) is 0 Å². The quantitative estimate of drug-likeness (QED) is 0.775. The minimum Gasteiger partial charge on any atom is -0.337 e. The first kappa shape index (κ1) is 16.3. The average Bonchev–Trinajstić information content (AvgIpc) is 2.95. The third kappa shape index (κ3) is 2.62. The van der Waals surface area contributed by atoms with Crippen LogP contribution < -0.4 is 0 Å². The number of likely N-dealkylation sites (tertiary alicyclic amines) is 1. The van der Waals surface area contributed by atoms with E-state index in [1.165, 1.54) is 0 Å². The van der Waals surface area contributed by atoms with E-state index in [1.807, 2.05) is 11.7 Å². The maximum absolute atomic E-state index is 13.2. The van der Waals surface area contributed by atoms with Crippen molar-refractivity contribution in [2.75, 3.05) is 26.7 Å². The Bertz CT molecular complexity index is 682. The van der Waals surface area contributed by atoms with Crippen LogP contribution >= 0.6 is 11.6 Å². The SMILES string of the molecule is CN1CCCn2nc(C(=O)N3CCC4(C3)CC(F)(F)C4)c(Cl)c2C1. The topological polar surface area (TPSA) is 41.4 Å². The highest BCUT2D eigenvalue weighted by molar-refractivity contribution is 6.34. The van der Waals surface area contributed by atoms with Crippen LogP contribution in [0.3, 0.4) is 0 Å². The molecule has 1 spiro atoms. The highest BCUT2D eigenvalue weighted by Crippen LogP contribution is 2.56. The van der Waals surface area contributed by atoms with Crippen molar-refractivity contribution in [1.29, 1.82) is 0 Å². The first-order chi connectivity index (χ1) is 11.3. The van der Waals surface area contributed by atoms with Gasteiger partial charge in [0, 0.05) is 51.0 Å². The van der Waals surface area contributed by atoms with E-state index in [2.05, 4.69) is 10.00 Å². The summed E-state index contributed by atoms with van der Waals surface area (Å²) in [6.45, 7) is 3.26. The van der Waals surface area contributed by atoms with Gasteiger partial charge in [-0.25, -0.2) is 8.78 Å². The molecule has 8 heteroatoms. The minimum absolute atomic E-state index is 0.109. The molecule has 1 saturated carbocycles. The fourth-order valence-electron chi connectivity index (χ4n) is 4.37. The second kappa shape index (κ2) is 5.39. The summed E-state index contributed by atoms with van der Waals surface area (Å²) in [5.41, 5.74) is 0.733. The van der Waals surface area contributed by atoms with Crippen molar-refractivity contribution < 1.29 is 13.6 Å². The smallest absolute Gasteiger partial charge is 0.275 e. The van der Waals surface area contributed by atoms with E-state index in [0.29, 0.717) is 31.1 Å². The van der Waals surface area contributed by atoms with Crippen LogP contribution in [-0.4, -0.2) is 58.1 Å². The molecule has 24 heavy (non-hydrogen) atoms. The van der Waals surface area contributed by atoms with Gasteiger partial charge in [-0.1, -0.05) is 11.6 Å². The van der Waals surface area contributed by atoms with Gasteiger partial charge in [0.2, 0.25) is 5.92 Å². The predicted molar refractivity (Wildman–Crippen MR) is 85.3 cm³/mol. The molecule has 3 heterocycles. The lowest BCUT2D eigenvalue weighted by molar-refractivity contribution is -0.154. The molecule has 1 aromatic rings. The molecule has 0 atom stereocenters. The number of alkyl halides is 2. The Kier molecular flexibility index (Phi) is 3.66. The molecule has 0 radical (unpaired) electrons. The van der Waals surface area contributed by atoms with Gasteiger partial charge in [-0.3, -0.25) is 9.48 Å². The Labute approximate surface area is 144 Å². The second-order valence-electron chi connectivity index (χ2n) is 7.61. The molecule has 0 bridgehead atoms. The van der Waals surface area contributed by atoms with Gasteiger partial charge in [0.25, 0.3) is 5.91 Å². The highest BCUT2D eigenvalue weighted by atomic mass is 35.5. The van der Waals surface area contributed by atoms with Crippen LogP contribution in [0.5, 0.6) is 0 Å². The van der Waals surface area contributed by atoms with E-state index >= 15 is 0 Å². The number of hydrogen-bond acceptors (Lipinski definition) is 3. The van der Waals surface area contributed by atoms with E-state index in [0.717, 1.165) is 25.2 Å². The van der Waals surface area contributed by atoms with Crippen LogP contribution in [0.25, 0.3) is 0 Å². The summed E-state index contributed by atoms with van der Waals surface area (Å²) >= 11 is 6.44. The molecule has 5 nitrogen and oxygen atoms in total. The van der Waals surface area contributed by atoms with Crippen LogP contribution in [0, 0.1) is 5.41 Å². The van der Waals surface area contributed by atoms with Gasteiger partial charge >= 0.3 is 0 Å². The van der Waals surface area contributed by atoms with E-state index in [9.17, 15) is 13.6 Å². The summed E-state index contributed by atoms with van der Waals surface area (Å²) in [7, 11) is 2.02. The molecule has 4 rings (SSSR count). The van der Waals surface area contributed by atoms with Crippen molar-refractivity contribution in [2.24, 2.45) is 5.41 Å². The zero-order valence-electron chi connectivity index (χ0n) is 13.7. The molecule has 1 saturated heterocycles. The number of rotatable bonds is 1. The molecule has 1 aromatic heterocycles. The summed E-state index contributed by atoms with van der Waals surface area (Å²) in [6.07, 6.45) is 1.38. The third-order valence-corrected chi connectivity index (χ3v) is 5.92. The van der Waals surface area contributed by atoms with Crippen molar-refractivity contribution in [3.8, 4) is 0 Å². The van der Waals surface area contributed by atoms with E-state index in [-0.39, 0.29) is 24.4 Å². The fraction of sp³-hybridized carbons (Fsp3) is 0.750. The Hall–Kier alpha value is -1.21. The number of nitrogens with zero attached hydrogens (tertiary/aromatic N) is 4. The maximum Gasteiger partial charge on any atom is 0.275 e. The third-order valence-electron chi connectivity index (χ3n) is 5.52. The Morgan fingerprint density at radius 3 is 2.71 bits per heavy atom. The standard InChI is InChI=1S/C16H21ClF2N4O/c1-21-4-2-5-23-11(7-21)12(17)13(20-23)14(24)22-6-3-15(10-22)8-16(18,19)9-15/h2-10H2,1H3. The number of hydrogen-bond donors (Lipinski definition) is 0. The summed E-state index contributed by atoms with van der Waals surface area (Å²) < 4.78 is 28.3. The molecule has 0 unspecified atom stereocenters. The van der Waals surface area contributed by atoms with Gasteiger partial charge in [0.15, 0.2) is 5.69 Å². The number of halogens is 3.